The summed E-state index contributed by atoms with van der Waals surface area (Å²) < 4.78 is 11.3. The molecule has 1 heterocycles. The number of ether oxygens (including phenoxy) is 2. The molecule has 1 aromatic carbocycles. The molecule has 17 heavy (non-hydrogen) atoms. The fourth-order valence-electron chi connectivity index (χ4n) is 1.95. The zero-order valence-electron chi connectivity index (χ0n) is 10.4. The van der Waals surface area contributed by atoms with Crippen molar-refractivity contribution < 1.29 is 9.47 Å². The van der Waals surface area contributed by atoms with E-state index in [1.54, 1.807) is 0 Å². The Hall–Kier alpha value is -1.22. The number of nitrogens with one attached hydrogen (secondary N) is 1. The van der Waals surface area contributed by atoms with E-state index in [0.29, 0.717) is 6.04 Å². The number of hydrogen-bond donors (Lipinski definition) is 1. The molecule has 94 valence electrons. The second kappa shape index (κ2) is 6.50. The molecule has 1 N–H and O–H groups in total. The Bertz CT molecular complexity index is 317. The molecule has 1 atom stereocenters. The number of rotatable bonds is 6. The molecule has 1 aliphatic rings. The van der Waals surface area contributed by atoms with Gasteiger partial charge in [0.05, 0.1) is 6.61 Å². The van der Waals surface area contributed by atoms with Gasteiger partial charge in [-0.2, -0.15) is 0 Å². The lowest BCUT2D eigenvalue weighted by Crippen LogP contribution is -2.28. The highest BCUT2D eigenvalue weighted by Crippen LogP contribution is 2.18. The van der Waals surface area contributed by atoms with Crippen molar-refractivity contribution in [3.05, 3.63) is 24.3 Å². The Morgan fingerprint density at radius 1 is 1.18 bits per heavy atom. The maximum atomic E-state index is 5.73. The zero-order valence-corrected chi connectivity index (χ0v) is 10.4. The molecule has 2 rings (SSSR count). The van der Waals surface area contributed by atoms with E-state index >= 15 is 0 Å². The molecule has 0 radical (unpaired) electrons. The summed E-state index contributed by atoms with van der Waals surface area (Å²) in [5.41, 5.74) is 0. The van der Waals surface area contributed by atoms with E-state index < -0.39 is 0 Å². The van der Waals surface area contributed by atoms with E-state index in [-0.39, 0.29) is 0 Å². The first-order valence-electron chi connectivity index (χ1n) is 6.47. The van der Waals surface area contributed by atoms with Crippen LogP contribution in [0.3, 0.4) is 0 Å². The lowest BCUT2D eigenvalue weighted by molar-refractivity contribution is 0.276. The van der Waals surface area contributed by atoms with Crippen LogP contribution in [0.5, 0.6) is 11.5 Å². The Morgan fingerprint density at radius 3 is 2.47 bits per heavy atom. The normalized spacial score (nSPS) is 19.2. The van der Waals surface area contributed by atoms with E-state index in [9.17, 15) is 0 Å². The first kappa shape index (κ1) is 12.2. The molecular weight excluding hydrogens is 214 g/mol. The molecule has 0 saturated carbocycles. The minimum Gasteiger partial charge on any atom is -0.494 e. The van der Waals surface area contributed by atoms with Crippen molar-refractivity contribution in [2.75, 3.05) is 19.8 Å². The summed E-state index contributed by atoms with van der Waals surface area (Å²) in [6, 6.07) is 8.39. The SMILES string of the molecule is CCCOc1ccc(OC[C@H]2CCCN2)cc1. The van der Waals surface area contributed by atoms with Crippen molar-refractivity contribution in [3.8, 4) is 11.5 Å². The van der Waals surface area contributed by atoms with Crippen molar-refractivity contribution in [1.29, 1.82) is 0 Å². The van der Waals surface area contributed by atoms with E-state index in [2.05, 4.69) is 12.2 Å². The molecule has 0 bridgehead atoms. The molecule has 1 aliphatic heterocycles. The van der Waals surface area contributed by atoms with Crippen LogP contribution in [-0.4, -0.2) is 25.8 Å². The van der Waals surface area contributed by atoms with Crippen molar-refractivity contribution >= 4 is 0 Å². The van der Waals surface area contributed by atoms with Gasteiger partial charge in [0.1, 0.15) is 18.1 Å². The summed E-state index contributed by atoms with van der Waals surface area (Å²) >= 11 is 0. The zero-order chi connectivity index (χ0) is 11.9. The van der Waals surface area contributed by atoms with Crippen LogP contribution in [0.1, 0.15) is 26.2 Å². The third-order valence-electron chi connectivity index (χ3n) is 2.91. The van der Waals surface area contributed by atoms with Crippen molar-refractivity contribution in [3.63, 3.8) is 0 Å². The summed E-state index contributed by atoms with van der Waals surface area (Å²) in [6.07, 6.45) is 3.51. The predicted molar refractivity (Wildman–Crippen MR) is 68.7 cm³/mol. The Kier molecular flexibility index (Phi) is 4.68. The molecule has 1 saturated heterocycles. The maximum absolute atomic E-state index is 5.73. The van der Waals surface area contributed by atoms with Crippen molar-refractivity contribution in [1.82, 2.24) is 5.32 Å². The van der Waals surface area contributed by atoms with Gasteiger partial charge in [-0.15, -0.1) is 0 Å². The average molecular weight is 235 g/mol. The molecule has 1 fully saturated rings. The van der Waals surface area contributed by atoms with Crippen LogP contribution >= 0.6 is 0 Å². The molecule has 0 aromatic heterocycles. The van der Waals surface area contributed by atoms with Gasteiger partial charge in [-0.05, 0) is 50.1 Å². The fraction of sp³-hybridized carbons (Fsp3) is 0.571. The van der Waals surface area contributed by atoms with Crippen LogP contribution in [0.4, 0.5) is 0 Å². The lowest BCUT2D eigenvalue weighted by atomic mass is 10.2. The van der Waals surface area contributed by atoms with Crippen LogP contribution < -0.4 is 14.8 Å². The minimum atomic E-state index is 0.519. The summed E-state index contributed by atoms with van der Waals surface area (Å²) in [7, 11) is 0. The lowest BCUT2D eigenvalue weighted by Gasteiger charge is -2.12. The van der Waals surface area contributed by atoms with Crippen LogP contribution in [0.25, 0.3) is 0 Å². The van der Waals surface area contributed by atoms with Crippen molar-refractivity contribution in [2.24, 2.45) is 0 Å². The smallest absolute Gasteiger partial charge is 0.119 e. The highest BCUT2D eigenvalue weighted by atomic mass is 16.5. The standard InChI is InChI=1S/C14H21NO2/c1-2-10-16-13-5-7-14(8-6-13)17-11-12-4-3-9-15-12/h5-8,12,15H,2-4,9-11H2,1H3/t12-/m1/s1. The van der Waals surface area contributed by atoms with E-state index in [1.807, 2.05) is 24.3 Å². The summed E-state index contributed by atoms with van der Waals surface area (Å²) in [4.78, 5) is 0. The van der Waals surface area contributed by atoms with Crippen molar-refractivity contribution in [2.45, 2.75) is 32.2 Å². The van der Waals surface area contributed by atoms with Gasteiger partial charge in [-0.3, -0.25) is 0 Å². The van der Waals surface area contributed by atoms with Gasteiger partial charge in [-0.25, -0.2) is 0 Å². The van der Waals surface area contributed by atoms with E-state index in [0.717, 1.165) is 37.7 Å². The Labute approximate surface area is 103 Å². The molecule has 0 amide bonds. The van der Waals surface area contributed by atoms with Crippen LogP contribution in [0.15, 0.2) is 24.3 Å². The number of benzene rings is 1. The van der Waals surface area contributed by atoms with Crippen LogP contribution in [-0.2, 0) is 0 Å². The third kappa shape index (κ3) is 3.93. The van der Waals surface area contributed by atoms with E-state index in [4.69, 9.17) is 9.47 Å². The largest absolute Gasteiger partial charge is 0.494 e. The third-order valence-corrected chi connectivity index (χ3v) is 2.91. The quantitative estimate of drug-likeness (QED) is 0.822. The molecule has 1 aromatic rings. The first-order valence-corrected chi connectivity index (χ1v) is 6.47. The molecule has 0 unspecified atom stereocenters. The minimum absolute atomic E-state index is 0.519. The molecule has 3 heteroatoms. The van der Waals surface area contributed by atoms with Gasteiger partial charge in [0, 0.05) is 6.04 Å². The van der Waals surface area contributed by atoms with Gasteiger partial charge in [0.25, 0.3) is 0 Å². The topological polar surface area (TPSA) is 30.5 Å². The monoisotopic (exact) mass is 235 g/mol. The summed E-state index contributed by atoms with van der Waals surface area (Å²) in [5.74, 6) is 1.83. The summed E-state index contributed by atoms with van der Waals surface area (Å²) in [6.45, 7) is 4.76. The molecular formula is C14H21NO2. The predicted octanol–water partition coefficient (Wildman–Crippen LogP) is 2.61. The van der Waals surface area contributed by atoms with Crippen LogP contribution in [0.2, 0.25) is 0 Å². The van der Waals surface area contributed by atoms with Gasteiger partial charge < -0.3 is 14.8 Å². The highest BCUT2D eigenvalue weighted by molar-refractivity contribution is 5.31. The Morgan fingerprint density at radius 2 is 1.88 bits per heavy atom. The molecule has 3 nitrogen and oxygen atoms in total. The Balaban J connectivity index is 1.76. The second-order valence-corrected chi connectivity index (χ2v) is 4.42. The van der Waals surface area contributed by atoms with Gasteiger partial charge in [-0.1, -0.05) is 6.92 Å². The first-order chi connectivity index (χ1) is 8.38. The van der Waals surface area contributed by atoms with Gasteiger partial charge in [0.15, 0.2) is 0 Å². The highest BCUT2D eigenvalue weighted by Gasteiger charge is 2.14. The van der Waals surface area contributed by atoms with Gasteiger partial charge in [0.2, 0.25) is 0 Å². The summed E-state index contributed by atoms with van der Waals surface area (Å²) in [5, 5.41) is 3.42. The average Bonchev–Trinajstić information content (AvgIpc) is 2.88. The van der Waals surface area contributed by atoms with E-state index in [1.165, 1.54) is 12.8 Å². The number of hydrogen-bond acceptors (Lipinski definition) is 3. The van der Waals surface area contributed by atoms with Crippen LogP contribution in [0, 0.1) is 0 Å². The second-order valence-electron chi connectivity index (χ2n) is 4.42. The molecule has 0 aliphatic carbocycles. The fourth-order valence-corrected chi connectivity index (χ4v) is 1.95. The maximum Gasteiger partial charge on any atom is 0.119 e. The van der Waals surface area contributed by atoms with Gasteiger partial charge >= 0.3 is 0 Å². The molecule has 0 spiro atoms.